The van der Waals surface area contributed by atoms with E-state index in [1.165, 1.54) is 21.8 Å². The normalized spacial score (nSPS) is 12.3. The second-order valence-corrected chi connectivity index (χ2v) is 12.1. The van der Waals surface area contributed by atoms with Gasteiger partial charge in [-0.2, -0.15) is 0 Å². The van der Waals surface area contributed by atoms with Crippen LogP contribution in [0.25, 0.3) is 104 Å². The number of benzene rings is 7. The molecule has 0 amide bonds. The predicted octanol–water partition coefficient (Wildman–Crippen LogP) is 12.1. The molecule has 0 spiro atoms. The first kappa shape index (κ1) is 24.1. The summed E-state index contributed by atoms with van der Waals surface area (Å²) < 4.78 is 21.7. The second kappa shape index (κ2) is 8.68. The zero-order chi connectivity index (χ0) is 29.9. The van der Waals surface area contributed by atoms with Crippen molar-refractivity contribution in [3.63, 3.8) is 0 Å². The molecule has 0 bridgehead atoms. The average Bonchev–Trinajstić information content (AvgIpc) is 3.86. The van der Waals surface area contributed by atoms with Crippen molar-refractivity contribution < 1.29 is 13.3 Å². The monoisotopic (exact) mass is 589 g/mol. The Morgan fingerprint density at radius 3 is 1.63 bits per heavy atom. The molecule has 0 atom stereocenters. The molecular formula is C42H23NO3. The minimum absolute atomic E-state index is 0.765. The van der Waals surface area contributed by atoms with Gasteiger partial charge in [0.25, 0.3) is 0 Å². The molecular weight excluding hydrogens is 566 g/mol. The van der Waals surface area contributed by atoms with Gasteiger partial charge in [-0.05, 0) is 66.2 Å². The summed E-state index contributed by atoms with van der Waals surface area (Å²) >= 11 is 0. The number of aromatic nitrogens is 1. The van der Waals surface area contributed by atoms with E-state index < -0.39 is 0 Å². The third-order valence-corrected chi connectivity index (χ3v) is 9.61. The van der Waals surface area contributed by atoms with Crippen LogP contribution in [0.1, 0.15) is 0 Å². The van der Waals surface area contributed by atoms with Gasteiger partial charge in [-0.15, -0.1) is 0 Å². The predicted molar refractivity (Wildman–Crippen MR) is 188 cm³/mol. The van der Waals surface area contributed by atoms with Gasteiger partial charge in [-0.1, -0.05) is 78.9 Å². The molecule has 214 valence electrons. The maximum Gasteiger partial charge on any atom is 0.178 e. The summed E-state index contributed by atoms with van der Waals surface area (Å²) in [7, 11) is 0. The number of para-hydroxylation sites is 4. The lowest BCUT2D eigenvalue weighted by atomic mass is 10.00. The molecule has 0 radical (unpaired) electrons. The molecule has 11 rings (SSSR count). The topological polar surface area (TPSA) is 44.4 Å². The minimum atomic E-state index is 0.765. The van der Waals surface area contributed by atoms with Crippen LogP contribution in [0.5, 0.6) is 0 Å². The van der Waals surface area contributed by atoms with Crippen LogP contribution in [-0.4, -0.2) is 4.57 Å². The molecule has 4 aromatic heterocycles. The fourth-order valence-corrected chi connectivity index (χ4v) is 7.54. The Labute approximate surface area is 261 Å². The lowest BCUT2D eigenvalue weighted by Gasteiger charge is -2.07. The number of hydrogen-bond acceptors (Lipinski definition) is 3. The summed E-state index contributed by atoms with van der Waals surface area (Å²) in [6.07, 6.45) is 0. The first-order valence-electron chi connectivity index (χ1n) is 15.5. The molecule has 0 aliphatic heterocycles. The molecule has 0 saturated carbocycles. The highest BCUT2D eigenvalue weighted by Crippen LogP contribution is 2.42. The fourth-order valence-electron chi connectivity index (χ4n) is 7.54. The molecule has 4 nitrogen and oxygen atoms in total. The Morgan fingerprint density at radius 2 is 0.891 bits per heavy atom. The first-order chi connectivity index (χ1) is 22.8. The summed E-state index contributed by atoms with van der Waals surface area (Å²) in [6, 6.07) is 48.9. The zero-order valence-electron chi connectivity index (χ0n) is 24.5. The Bertz CT molecular complexity index is 2980. The fraction of sp³-hybridized carbons (Fsp3) is 0. The highest BCUT2D eigenvalue weighted by molar-refractivity contribution is 6.20. The van der Waals surface area contributed by atoms with Crippen LogP contribution in [0.4, 0.5) is 0 Å². The zero-order valence-corrected chi connectivity index (χ0v) is 24.5. The van der Waals surface area contributed by atoms with Crippen LogP contribution in [-0.2, 0) is 0 Å². The SMILES string of the molecule is c1ccc2c(c1)oc1c(-c3ccc4oc5c(ccc6c7cc(-n8c9ccccc9c9ccccc98)ccc7oc65)c4c3)cccc12. The van der Waals surface area contributed by atoms with Gasteiger partial charge >= 0.3 is 0 Å². The molecule has 0 aliphatic rings. The molecule has 0 saturated heterocycles. The lowest BCUT2D eigenvalue weighted by molar-refractivity contribution is 0.633. The Kier molecular flexibility index (Phi) is 4.55. The standard InChI is InChI=1S/C42H23NO3/c1-4-13-35-27(8-1)28-9-2-5-14-36(28)43(35)25-17-21-39-34(23-25)32-19-18-31-33-22-24(16-20-38(33)45-41(31)42(32)46-39)26-11-7-12-30-29-10-3-6-15-37(29)44-40(26)30/h1-23H. The maximum absolute atomic E-state index is 6.53. The highest BCUT2D eigenvalue weighted by atomic mass is 16.4. The molecule has 7 aromatic carbocycles. The van der Waals surface area contributed by atoms with Crippen molar-refractivity contribution in [2.45, 2.75) is 0 Å². The van der Waals surface area contributed by atoms with E-state index in [0.717, 1.165) is 82.6 Å². The molecule has 4 heterocycles. The van der Waals surface area contributed by atoms with Gasteiger partial charge in [0.1, 0.15) is 22.3 Å². The number of furan rings is 3. The quantitative estimate of drug-likeness (QED) is 0.201. The Balaban J connectivity index is 1.11. The number of rotatable bonds is 2. The van der Waals surface area contributed by atoms with E-state index in [-0.39, 0.29) is 0 Å². The minimum Gasteiger partial charge on any atom is -0.455 e. The smallest absolute Gasteiger partial charge is 0.178 e. The van der Waals surface area contributed by atoms with E-state index in [2.05, 4.69) is 132 Å². The van der Waals surface area contributed by atoms with Crippen LogP contribution in [0.15, 0.2) is 153 Å². The van der Waals surface area contributed by atoms with Gasteiger partial charge < -0.3 is 17.8 Å². The largest absolute Gasteiger partial charge is 0.455 e. The number of fused-ring (bicyclic) bond motifs is 13. The molecule has 0 N–H and O–H groups in total. The molecule has 0 unspecified atom stereocenters. The van der Waals surface area contributed by atoms with Gasteiger partial charge in [-0.25, -0.2) is 0 Å². The van der Waals surface area contributed by atoms with Crippen molar-refractivity contribution >= 4 is 87.6 Å². The van der Waals surface area contributed by atoms with E-state index in [0.29, 0.717) is 0 Å². The van der Waals surface area contributed by atoms with Crippen molar-refractivity contribution in [3.8, 4) is 16.8 Å². The summed E-state index contributed by atoms with van der Waals surface area (Å²) in [6.45, 7) is 0. The van der Waals surface area contributed by atoms with E-state index in [4.69, 9.17) is 13.3 Å². The molecule has 46 heavy (non-hydrogen) atoms. The molecule has 0 aliphatic carbocycles. The van der Waals surface area contributed by atoms with Crippen molar-refractivity contribution in [1.29, 1.82) is 0 Å². The molecule has 0 fully saturated rings. The van der Waals surface area contributed by atoms with E-state index in [1.807, 2.05) is 12.1 Å². The third kappa shape index (κ3) is 3.12. The first-order valence-corrected chi connectivity index (χ1v) is 15.5. The molecule has 4 heteroatoms. The van der Waals surface area contributed by atoms with Crippen molar-refractivity contribution in [2.75, 3.05) is 0 Å². The Morgan fingerprint density at radius 1 is 0.348 bits per heavy atom. The lowest BCUT2D eigenvalue weighted by Crippen LogP contribution is -1.93. The third-order valence-electron chi connectivity index (χ3n) is 9.61. The summed E-state index contributed by atoms with van der Waals surface area (Å²) in [5.41, 5.74) is 10.6. The van der Waals surface area contributed by atoms with Gasteiger partial charge in [-0.3, -0.25) is 0 Å². The van der Waals surface area contributed by atoms with Gasteiger partial charge in [0.05, 0.1) is 11.0 Å². The second-order valence-electron chi connectivity index (χ2n) is 12.1. The highest BCUT2D eigenvalue weighted by Gasteiger charge is 2.19. The van der Waals surface area contributed by atoms with Crippen LogP contribution < -0.4 is 0 Å². The molecule has 11 aromatic rings. The maximum atomic E-state index is 6.53. The summed E-state index contributed by atoms with van der Waals surface area (Å²) in [4.78, 5) is 0. The van der Waals surface area contributed by atoms with Gasteiger partial charge in [0.2, 0.25) is 0 Å². The van der Waals surface area contributed by atoms with E-state index in [9.17, 15) is 0 Å². The Hall–Kier alpha value is -6.26. The van der Waals surface area contributed by atoms with Gasteiger partial charge in [0, 0.05) is 54.3 Å². The van der Waals surface area contributed by atoms with Crippen LogP contribution >= 0.6 is 0 Å². The van der Waals surface area contributed by atoms with Gasteiger partial charge in [0.15, 0.2) is 11.2 Å². The van der Waals surface area contributed by atoms with Crippen LogP contribution in [0.3, 0.4) is 0 Å². The van der Waals surface area contributed by atoms with Crippen molar-refractivity contribution in [2.24, 2.45) is 0 Å². The number of hydrogen-bond donors (Lipinski definition) is 0. The average molecular weight is 590 g/mol. The number of nitrogens with zero attached hydrogens (tertiary/aromatic N) is 1. The van der Waals surface area contributed by atoms with Crippen LogP contribution in [0.2, 0.25) is 0 Å². The van der Waals surface area contributed by atoms with E-state index >= 15 is 0 Å². The summed E-state index contributed by atoms with van der Waals surface area (Å²) in [5, 5.41) is 8.92. The van der Waals surface area contributed by atoms with Crippen LogP contribution in [0, 0.1) is 0 Å². The van der Waals surface area contributed by atoms with Crippen molar-refractivity contribution in [1.82, 2.24) is 4.57 Å². The summed E-state index contributed by atoms with van der Waals surface area (Å²) in [5.74, 6) is 0. The van der Waals surface area contributed by atoms with E-state index in [1.54, 1.807) is 0 Å². The van der Waals surface area contributed by atoms with Crippen molar-refractivity contribution in [3.05, 3.63) is 140 Å².